The molecule has 1 heterocycles. The number of nitrogens with one attached hydrogen (secondary N) is 1. The highest BCUT2D eigenvalue weighted by Gasteiger charge is 2.24. The van der Waals surface area contributed by atoms with Crippen LogP contribution < -0.4 is 4.72 Å². The molecule has 9 heteroatoms. The zero-order chi connectivity index (χ0) is 20.7. The Balaban J connectivity index is 1.93. The minimum absolute atomic E-state index is 0.0326. The molecule has 0 radical (unpaired) electrons. The largest absolute Gasteiger partial charge is 0.452 e. The summed E-state index contributed by atoms with van der Waals surface area (Å²) in [7, 11) is -2.23. The standard InChI is InChI=1S/C19H28N2O6S/c1-14(12-26-3)20-28(24,25)17-9-7-16(8-10-17)19(23)27-13-18(22)21-11-5-4-6-15(21)2/h7-10,14-15,20H,4-6,11-13H2,1-3H3/t14-,15+/m1/s1. The zero-order valence-corrected chi connectivity index (χ0v) is 17.3. The van der Waals surface area contributed by atoms with Crippen LogP contribution in [0.3, 0.4) is 0 Å². The van der Waals surface area contributed by atoms with Crippen LogP contribution in [0.1, 0.15) is 43.5 Å². The molecule has 156 valence electrons. The second-order valence-electron chi connectivity index (χ2n) is 7.01. The summed E-state index contributed by atoms with van der Waals surface area (Å²) in [6.45, 7) is 4.28. The molecule has 1 aliphatic heterocycles. The van der Waals surface area contributed by atoms with E-state index >= 15 is 0 Å². The normalized spacial score (nSPS) is 18.5. The predicted octanol–water partition coefficient (Wildman–Crippen LogP) is 1.56. The Morgan fingerprint density at radius 1 is 1.25 bits per heavy atom. The van der Waals surface area contributed by atoms with Crippen molar-refractivity contribution in [1.82, 2.24) is 9.62 Å². The van der Waals surface area contributed by atoms with Gasteiger partial charge in [0.1, 0.15) is 0 Å². The molecule has 8 nitrogen and oxygen atoms in total. The molecule has 0 bridgehead atoms. The number of nitrogens with zero attached hydrogens (tertiary/aromatic N) is 1. The van der Waals surface area contributed by atoms with Crippen molar-refractivity contribution in [2.45, 2.75) is 50.1 Å². The molecule has 1 amide bonds. The maximum Gasteiger partial charge on any atom is 0.338 e. The summed E-state index contributed by atoms with van der Waals surface area (Å²) in [5, 5.41) is 0. The smallest absolute Gasteiger partial charge is 0.338 e. The first-order chi connectivity index (χ1) is 13.2. The van der Waals surface area contributed by atoms with Crippen LogP contribution in [-0.4, -0.2) is 64.1 Å². The summed E-state index contributed by atoms with van der Waals surface area (Å²) < 4.78 is 37.1. The van der Waals surface area contributed by atoms with Crippen molar-refractivity contribution >= 4 is 21.9 Å². The third-order valence-corrected chi connectivity index (χ3v) is 6.23. The van der Waals surface area contributed by atoms with E-state index in [1.165, 1.54) is 31.4 Å². The predicted molar refractivity (Wildman–Crippen MR) is 103 cm³/mol. The second-order valence-corrected chi connectivity index (χ2v) is 8.72. The van der Waals surface area contributed by atoms with Gasteiger partial charge >= 0.3 is 5.97 Å². The molecule has 1 N–H and O–H groups in total. The zero-order valence-electron chi connectivity index (χ0n) is 16.5. The fourth-order valence-electron chi connectivity index (χ4n) is 3.15. The van der Waals surface area contributed by atoms with Gasteiger partial charge in [-0.1, -0.05) is 0 Å². The molecule has 28 heavy (non-hydrogen) atoms. The second kappa shape index (κ2) is 9.99. The topological polar surface area (TPSA) is 102 Å². The summed E-state index contributed by atoms with van der Waals surface area (Å²) in [6.07, 6.45) is 3.00. The van der Waals surface area contributed by atoms with Crippen LogP contribution in [-0.2, 0) is 24.3 Å². The Hall–Kier alpha value is -1.97. The van der Waals surface area contributed by atoms with Gasteiger partial charge in [0.25, 0.3) is 5.91 Å². The molecule has 1 fully saturated rings. The molecule has 2 rings (SSSR count). The Morgan fingerprint density at radius 3 is 2.54 bits per heavy atom. The van der Waals surface area contributed by atoms with Crippen LogP contribution >= 0.6 is 0 Å². The average Bonchev–Trinajstić information content (AvgIpc) is 2.66. The van der Waals surface area contributed by atoms with Crippen molar-refractivity contribution in [2.75, 3.05) is 26.9 Å². The van der Waals surface area contributed by atoms with Gasteiger partial charge in [-0.25, -0.2) is 17.9 Å². The van der Waals surface area contributed by atoms with E-state index in [0.717, 1.165) is 19.3 Å². The lowest BCUT2D eigenvalue weighted by molar-refractivity contribution is -0.137. The number of amides is 1. The third kappa shape index (κ3) is 6.02. The molecule has 1 aromatic carbocycles. The Labute approximate surface area is 166 Å². The highest BCUT2D eigenvalue weighted by atomic mass is 32.2. The van der Waals surface area contributed by atoms with Gasteiger partial charge in [0, 0.05) is 25.7 Å². The lowest BCUT2D eigenvalue weighted by Gasteiger charge is -2.33. The Bertz CT molecular complexity index is 778. The molecule has 0 spiro atoms. The number of esters is 1. The molecule has 1 aromatic rings. The lowest BCUT2D eigenvalue weighted by Crippen LogP contribution is -2.44. The van der Waals surface area contributed by atoms with Gasteiger partial charge in [0.05, 0.1) is 17.1 Å². The van der Waals surface area contributed by atoms with E-state index in [1.54, 1.807) is 11.8 Å². The fourth-order valence-corrected chi connectivity index (χ4v) is 4.38. The van der Waals surface area contributed by atoms with Crippen molar-refractivity contribution < 1.29 is 27.5 Å². The number of piperidine rings is 1. The number of methoxy groups -OCH3 is 1. The fraction of sp³-hybridized carbons (Fsp3) is 0.579. The van der Waals surface area contributed by atoms with Crippen molar-refractivity contribution in [1.29, 1.82) is 0 Å². The van der Waals surface area contributed by atoms with Gasteiger partial charge in [0.2, 0.25) is 10.0 Å². The number of hydrogen-bond acceptors (Lipinski definition) is 6. The van der Waals surface area contributed by atoms with E-state index in [0.29, 0.717) is 6.54 Å². The van der Waals surface area contributed by atoms with Crippen molar-refractivity contribution in [3.8, 4) is 0 Å². The molecule has 0 aliphatic carbocycles. The van der Waals surface area contributed by atoms with E-state index < -0.39 is 16.0 Å². The number of carbonyl (C=O) groups excluding carboxylic acids is 2. The van der Waals surface area contributed by atoms with Gasteiger partial charge in [-0.05, 0) is 57.4 Å². The molecular formula is C19H28N2O6S. The third-order valence-electron chi connectivity index (χ3n) is 4.62. The van der Waals surface area contributed by atoms with Crippen LogP contribution in [0.5, 0.6) is 0 Å². The average molecular weight is 413 g/mol. The van der Waals surface area contributed by atoms with Gasteiger partial charge in [-0.15, -0.1) is 0 Å². The lowest BCUT2D eigenvalue weighted by atomic mass is 10.0. The van der Waals surface area contributed by atoms with Crippen molar-refractivity contribution in [2.24, 2.45) is 0 Å². The summed E-state index contributed by atoms with van der Waals surface area (Å²) in [5.74, 6) is -0.876. The summed E-state index contributed by atoms with van der Waals surface area (Å²) in [5.41, 5.74) is 0.184. The number of sulfonamides is 1. The summed E-state index contributed by atoms with van der Waals surface area (Å²) in [4.78, 5) is 26.2. The van der Waals surface area contributed by atoms with Crippen LogP contribution in [0, 0.1) is 0 Å². The highest BCUT2D eigenvalue weighted by molar-refractivity contribution is 7.89. The maximum absolute atomic E-state index is 12.3. The van der Waals surface area contributed by atoms with Gasteiger partial charge in [-0.3, -0.25) is 4.79 Å². The minimum Gasteiger partial charge on any atom is -0.452 e. The first-order valence-electron chi connectivity index (χ1n) is 9.32. The van der Waals surface area contributed by atoms with Gasteiger partial charge in [-0.2, -0.15) is 0 Å². The first kappa shape index (κ1) is 22.3. The minimum atomic E-state index is -3.71. The van der Waals surface area contributed by atoms with Crippen LogP contribution in [0.4, 0.5) is 0 Å². The molecule has 1 saturated heterocycles. The molecule has 0 aromatic heterocycles. The summed E-state index contributed by atoms with van der Waals surface area (Å²) >= 11 is 0. The van der Waals surface area contributed by atoms with E-state index in [1.807, 2.05) is 6.92 Å². The van der Waals surface area contributed by atoms with E-state index in [9.17, 15) is 18.0 Å². The number of hydrogen-bond donors (Lipinski definition) is 1. The van der Waals surface area contributed by atoms with Crippen LogP contribution in [0.2, 0.25) is 0 Å². The number of carbonyl (C=O) groups is 2. The van der Waals surface area contributed by atoms with Crippen LogP contribution in [0.25, 0.3) is 0 Å². The number of rotatable bonds is 8. The van der Waals surface area contributed by atoms with E-state index in [2.05, 4.69) is 4.72 Å². The molecule has 0 saturated carbocycles. The van der Waals surface area contributed by atoms with Crippen LogP contribution in [0.15, 0.2) is 29.2 Å². The Morgan fingerprint density at radius 2 is 1.93 bits per heavy atom. The molecule has 1 aliphatic rings. The van der Waals surface area contributed by atoms with Gasteiger partial charge in [0.15, 0.2) is 6.61 Å². The van der Waals surface area contributed by atoms with Crippen molar-refractivity contribution in [3.63, 3.8) is 0 Å². The summed E-state index contributed by atoms with van der Waals surface area (Å²) in [6, 6.07) is 5.15. The molecule has 2 atom stereocenters. The van der Waals surface area contributed by atoms with E-state index in [-0.39, 0.29) is 41.7 Å². The number of likely N-dealkylation sites (tertiary alicyclic amines) is 1. The number of benzene rings is 1. The maximum atomic E-state index is 12.3. The SMILES string of the molecule is COC[C@@H](C)NS(=O)(=O)c1ccc(C(=O)OCC(=O)N2CCCC[C@@H]2C)cc1. The molecule has 0 unspecified atom stereocenters. The Kier molecular flexibility index (Phi) is 7.97. The quantitative estimate of drug-likeness (QED) is 0.650. The monoisotopic (exact) mass is 412 g/mol. The van der Waals surface area contributed by atoms with Crippen molar-refractivity contribution in [3.05, 3.63) is 29.8 Å². The number of ether oxygens (including phenoxy) is 2. The highest BCUT2D eigenvalue weighted by Crippen LogP contribution is 2.17. The first-order valence-corrected chi connectivity index (χ1v) is 10.8. The molecular weight excluding hydrogens is 384 g/mol. The van der Waals surface area contributed by atoms with E-state index in [4.69, 9.17) is 9.47 Å². The van der Waals surface area contributed by atoms with Gasteiger partial charge < -0.3 is 14.4 Å².